The van der Waals surface area contributed by atoms with Crippen LogP contribution in [0.15, 0.2) is 66.0 Å². The zero-order chi connectivity index (χ0) is 26.2. The summed E-state index contributed by atoms with van der Waals surface area (Å²) in [4.78, 5) is 11.2. The quantitative estimate of drug-likeness (QED) is 0.364. The predicted octanol–water partition coefficient (Wildman–Crippen LogP) is 4.00. The van der Waals surface area contributed by atoms with Crippen LogP contribution in [0.3, 0.4) is 0 Å². The van der Waals surface area contributed by atoms with Crippen LogP contribution in [-0.2, 0) is 15.4 Å². The number of aromatic nitrogens is 4. The average Bonchev–Trinajstić information content (AvgIpc) is 3.42. The number of methoxy groups -OCH3 is 1. The van der Waals surface area contributed by atoms with Gasteiger partial charge < -0.3 is 9.64 Å². The molecule has 10 heteroatoms. The molecule has 0 amide bonds. The van der Waals surface area contributed by atoms with E-state index >= 15 is 0 Å². The van der Waals surface area contributed by atoms with E-state index in [9.17, 15) is 8.42 Å². The van der Waals surface area contributed by atoms with E-state index in [0.29, 0.717) is 36.9 Å². The van der Waals surface area contributed by atoms with Gasteiger partial charge in [0.05, 0.1) is 12.0 Å². The average molecular weight is 521 g/mol. The van der Waals surface area contributed by atoms with Crippen LogP contribution < -0.4 is 9.64 Å². The van der Waals surface area contributed by atoms with Crippen molar-refractivity contribution in [1.82, 2.24) is 23.9 Å². The van der Waals surface area contributed by atoms with Crippen molar-refractivity contribution in [1.29, 1.82) is 0 Å². The molecule has 0 spiro atoms. The summed E-state index contributed by atoms with van der Waals surface area (Å²) in [5.74, 6) is 2.11. The van der Waals surface area contributed by atoms with Gasteiger partial charge >= 0.3 is 0 Å². The van der Waals surface area contributed by atoms with Crippen LogP contribution in [0.2, 0.25) is 0 Å². The summed E-state index contributed by atoms with van der Waals surface area (Å²) < 4.78 is 35.5. The zero-order valence-corrected chi connectivity index (χ0v) is 22.4. The molecule has 5 rings (SSSR count). The topological polar surface area (TPSA) is 92.9 Å². The number of nitrogens with zero attached hydrogens (tertiary/aromatic N) is 6. The Bertz CT molecular complexity index is 1490. The Hall–Kier alpha value is -3.50. The highest BCUT2D eigenvalue weighted by molar-refractivity contribution is 7.89. The SMILES string of the molecule is CCC(C)(C)c1ccc(S(=O)(=O)N2CCN(c3c(-c4ccc(OC)cc4)cnc4ncnn34)CC2)cc1. The Morgan fingerprint density at radius 1 is 0.946 bits per heavy atom. The molecule has 4 aromatic rings. The highest BCUT2D eigenvalue weighted by Crippen LogP contribution is 2.33. The first-order chi connectivity index (χ1) is 17.7. The summed E-state index contributed by atoms with van der Waals surface area (Å²) in [6.45, 7) is 8.24. The van der Waals surface area contributed by atoms with Crippen LogP contribution in [0.1, 0.15) is 32.8 Å². The van der Waals surface area contributed by atoms with Crippen molar-refractivity contribution in [3.63, 3.8) is 0 Å². The molecule has 0 aliphatic carbocycles. The van der Waals surface area contributed by atoms with Gasteiger partial charge in [0.25, 0.3) is 5.78 Å². The molecule has 2 aromatic heterocycles. The highest BCUT2D eigenvalue weighted by Gasteiger charge is 2.31. The largest absolute Gasteiger partial charge is 0.497 e. The van der Waals surface area contributed by atoms with Crippen molar-refractivity contribution in [2.75, 3.05) is 38.2 Å². The maximum Gasteiger partial charge on any atom is 0.254 e. The van der Waals surface area contributed by atoms with E-state index in [-0.39, 0.29) is 5.41 Å². The van der Waals surface area contributed by atoms with Gasteiger partial charge in [-0.15, -0.1) is 0 Å². The molecule has 1 aliphatic heterocycles. The molecule has 0 saturated carbocycles. The van der Waals surface area contributed by atoms with Gasteiger partial charge in [0.1, 0.15) is 17.9 Å². The number of rotatable bonds is 7. The van der Waals surface area contributed by atoms with Gasteiger partial charge in [-0.05, 0) is 47.2 Å². The summed E-state index contributed by atoms with van der Waals surface area (Å²) >= 11 is 0. The Labute approximate surface area is 217 Å². The lowest BCUT2D eigenvalue weighted by molar-refractivity contribution is 0.383. The minimum absolute atomic E-state index is 0.00669. The summed E-state index contributed by atoms with van der Waals surface area (Å²) in [6.07, 6.45) is 4.26. The second-order valence-electron chi connectivity index (χ2n) is 9.85. The van der Waals surface area contributed by atoms with Crippen molar-refractivity contribution < 1.29 is 13.2 Å². The summed E-state index contributed by atoms with van der Waals surface area (Å²) in [5, 5.41) is 4.41. The van der Waals surface area contributed by atoms with Gasteiger partial charge in [-0.1, -0.05) is 45.0 Å². The third kappa shape index (κ3) is 4.67. The van der Waals surface area contributed by atoms with Gasteiger partial charge in [-0.25, -0.2) is 13.4 Å². The lowest BCUT2D eigenvalue weighted by atomic mass is 9.82. The maximum atomic E-state index is 13.4. The van der Waals surface area contributed by atoms with Crippen LogP contribution in [0.25, 0.3) is 16.9 Å². The van der Waals surface area contributed by atoms with Crippen molar-refractivity contribution >= 4 is 21.6 Å². The molecule has 37 heavy (non-hydrogen) atoms. The van der Waals surface area contributed by atoms with Gasteiger partial charge in [0.15, 0.2) is 0 Å². The third-order valence-electron chi connectivity index (χ3n) is 7.38. The fourth-order valence-corrected chi connectivity index (χ4v) is 6.04. The van der Waals surface area contributed by atoms with Crippen molar-refractivity contribution in [3.05, 3.63) is 66.6 Å². The number of sulfonamides is 1. The van der Waals surface area contributed by atoms with E-state index in [1.54, 1.807) is 34.3 Å². The second-order valence-corrected chi connectivity index (χ2v) is 11.8. The fraction of sp³-hybridized carbons (Fsp3) is 0.370. The van der Waals surface area contributed by atoms with Crippen LogP contribution in [0.4, 0.5) is 5.82 Å². The minimum atomic E-state index is -3.59. The standard InChI is InChI=1S/C27H32N6O3S/c1-5-27(2,3)21-8-12-23(13-9-21)37(34,35)32-16-14-31(15-17-32)25-24(18-28-26-29-19-30-33(25)26)20-6-10-22(36-4)11-7-20/h6-13,18-19H,5,14-17H2,1-4H3. The normalized spacial score (nSPS) is 15.3. The van der Waals surface area contributed by atoms with Crippen LogP contribution in [-0.4, -0.2) is 65.6 Å². The summed E-state index contributed by atoms with van der Waals surface area (Å²) in [5.41, 5.74) is 3.00. The van der Waals surface area contributed by atoms with Crippen molar-refractivity contribution in [2.45, 2.75) is 37.5 Å². The molecule has 0 bridgehead atoms. The molecule has 0 unspecified atom stereocenters. The number of piperazine rings is 1. The molecule has 1 fully saturated rings. The zero-order valence-electron chi connectivity index (χ0n) is 21.6. The Balaban J connectivity index is 1.40. The molecule has 0 N–H and O–H groups in total. The lowest BCUT2D eigenvalue weighted by Gasteiger charge is -2.36. The maximum absolute atomic E-state index is 13.4. The molecule has 2 aromatic carbocycles. The minimum Gasteiger partial charge on any atom is -0.497 e. The number of ether oxygens (including phenoxy) is 1. The first-order valence-corrected chi connectivity index (χ1v) is 13.9. The second kappa shape index (κ2) is 9.75. The van der Waals surface area contributed by atoms with Gasteiger partial charge in [-0.2, -0.15) is 18.9 Å². The van der Waals surface area contributed by atoms with E-state index < -0.39 is 10.0 Å². The molecule has 3 heterocycles. The lowest BCUT2D eigenvalue weighted by Crippen LogP contribution is -2.49. The van der Waals surface area contributed by atoms with Crippen molar-refractivity contribution in [3.8, 4) is 16.9 Å². The predicted molar refractivity (Wildman–Crippen MR) is 144 cm³/mol. The monoisotopic (exact) mass is 520 g/mol. The van der Waals surface area contributed by atoms with Crippen LogP contribution in [0.5, 0.6) is 5.75 Å². The number of fused-ring (bicyclic) bond motifs is 1. The molecule has 1 aliphatic rings. The van der Waals surface area contributed by atoms with Crippen molar-refractivity contribution in [2.24, 2.45) is 0 Å². The molecule has 194 valence electrons. The van der Waals surface area contributed by atoms with E-state index in [2.05, 4.69) is 40.7 Å². The number of hydrogen-bond donors (Lipinski definition) is 0. The van der Waals surface area contributed by atoms with Crippen LogP contribution in [0, 0.1) is 0 Å². The number of anilines is 1. The molecule has 0 radical (unpaired) electrons. The van der Waals surface area contributed by atoms with Gasteiger partial charge in [-0.3, -0.25) is 0 Å². The summed E-state index contributed by atoms with van der Waals surface area (Å²) in [6, 6.07) is 15.1. The molecule has 9 nitrogen and oxygen atoms in total. The Kier molecular flexibility index (Phi) is 6.63. The van der Waals surface area contributed by atoms with Gasteiger partial charge in [0, 0.05) is 37.9 Å². The van der Waals surface area contributed by atoms with Crippen LogP contribution >= 0.6 is 0 Å². The highest BCUT2D eigenvalue weighted by atomic mass is 32.2. The van der Waals surface area contributed by atoms with Gasteiger partial charge in [0.2, 0.25) is 10.0 Å². The third-order valence-corrected chi connectivity index (χ3v) is 9.29. The van der Waals surface area contributed by atoms with E-state index in [1.807, 2.05) is 36.4 Å². The van der Waals surface area contributed by atoms with E-state index in [4.69, 9.17) is 4.74 Å². The fourth-order valence-electron chi connectivity index (χ4n) is 4.62. The molecular formula is C27H32N6O3S. The number of hydrogen-bond acceptors (Lipinski definition) is 7. The number of benzene rings is 2. The molecular weight excluding hydrogens is 488 g/mol. The Morgan fingerprint density at radius 2 is 1.62 bits per heavy atom. The van der Waals surface area contributed by atoms with E-state index in [1.165, 1.54) is 6.33 Å². The smallest absolute Gasteiger partial charge is 0.254 e. The first kappa shape index (κ1) is 25.2. The molecule has 1 saturated heterocycles. The first-order valence-electron chi connectivity index (χ1n) is 12.4. The Morgan fingerprint density at radius 3 is 2.24 bits per heavy atom. The molecule has 0 atom stereocenters. The van der Waals surface area contributed by atoms with E-state index in [0.717, 1.165) is 34.7 Å². The summed E-state index contributed by atoms with van der Waals surface area (Å²) in [7, 11) is -1.96.